The summed E-state index contributed by atoms with van der Waals surface area (Å²) in [6.45, 7) is 19.2. The Morgan fingerprint density at radius 3 is 1.50 bits per heavy atom. The third kappa shape index (κ3) is 12.9. The molecule has 0 spiro atoms. The smallest absolute Gasteiger partial charge is 0.276 e. The Bertz CT molecular complexity index is 3760. The van der Waals surface area contributed by atoms with Crippen LogP contribution in [-0.4, -0.2) is 142 Å². The number of fused-ring (bicyclic) bond motifs is 6. The molecule has 20 heteroatoms. The largest absolute Gasteiger partial charge is 0.494 e. The molecule has 20 nitrogen and oxygen atoms in total. The minimum atomic E-state index is -0.176. The standard InChI is InChI=1S/C35H44N8O2.C33H40N8O2/c1-6-23-11-9-12-24(7-2)30(23)38-34(44)32-27-14-10-13-25-22-36-35(39-31(25)33(27)43(8-3)40-32)37-28-16-15-26(21-29(28)45-5)42-19-17-41(4)18-20-42;1-5-21-9-7-10-22(6-2)28(21)36-32(42)31-25-12-8-11-23-20-34-33(37-29(23)30(25)38-39-31)35-26-14-13-24(19-27(26)43-4)41-17-15-40(3)16-18-41/h9,11-12,15-16,21-22H,6-8,10,13-14,17-20H2,1-5H3,(H,38,44)(H,36,37,39);7,9-10,13-14,19-20H,5-6,8,11-12,15-18H2,1-4H3,(H,36,42)(H,38,39)(H,34,35,37). The first-order chi connectivity index (χ1) is 42.9. The van der Waals surface area contributed by atoms with E-state index in [-0.39, 0.29) is 11.8 Å². The third-order valence-corrected chi connectivity index (χ3v) is 17.7. The lowest BCUT2D eigenvalue weighted by atomic mass is 10.0. The molecule has 8 aromatic rings. The number of nitrogens with zero attached hydrogens (tertiary/aromatic N) is 11. The third-order valence-electron chi connectivity index (χ3n) is 17.7. The van der Waals surface area contributed by atoms with Gasteiger partial charge in [-0.25, -0.2) is 19.9 Å². The molecule has 0 saturated carbocycles. The average Bonchev–Trinajstić information content (AvgIpc) is 1.90. The Morgan fingerprint density at radius 1 is 0.557 bits per heavy atom. The number of aromatic nitrogens is 8. The monoisotopic (exact) mass is 1190 g/mol. The number of likely N-dealkylation sites (N-methyl/N-ethyl adjacent to an activating group) is 2. The molecule has 6 heterocycles. The van der Waals surface area contributed by atoms with Gasteiger partial charge in [-0.05, 0) is 143 Å². The van der Waals surface area contributed by atoms with E-state index >= 15 is 0 Å². The van der Waals surface area contributed by atoms with Crippen molar-refractivity contribution in [1.29, 1.82) is 0 Å². The number of hydrogen-bond donors (Lipinski definition) is 5. The SMILES string of the molecule is CCc1cccc(CC)c1NC(=O)c1[nH]nc2c1CCCc1cnc(Nc3ccc(N4CCN(C)CC4)cc3OC)nc1-2.CCc1cccc(CC)c1NC(=O)c1nn(CC)c2c1CCCc1cnc(Nc3ccc(N4CCN(C)CC4)cc3OC)nc1-2. The van der Waals surface area contributed by atoms with Gasteiger partial charge in [0, 0.05) is 117 Å². The molecule has 0 radical (unpaired) electrons. The summed E-state index contributed by atoms with van der Waals surface area (Å²) in [6, 6.07) is 24.8. The summed E-state index contributed by atoms with van der Waals surface area (Å²) < 4.78 is 13.5. The predicted octanol–water partition coefficient (Wildman–Crippen LogP) is 11.0. The summed E-state index contributed by atoms with van der Waals surface area (Å²) in [5, 5.41) is 25.7. The predicted molar refractivity (Wildman–Crippen MR) is 351 cm³/mol. The second-order valence-corrected chi connectivity index (χ2v) is 23.1. The summed E-state index contributed by atoms with van der Waals surface area (Å²) in [4.78, 5) is 56.2. The van der Waals surface area contributed by atoms with Crippen LogP contribution in [-0.2, 0) is 57.9 Å². The van der Waals surface area contributed by atoms with Gasteiger partial charge in [-0.1, -0.05) is 64.1 Å². The van der Waals surface area contributed by atoms with Crippen molar-refractivity contribution in [3.05, 3.63) is 141 Å². The molecule has 460 valence electrons. The number of hydrogen-bond acceptors (Lipinski definition) is 16. The van der Waals surface area contributed by atoms with Crippen LogP contribution >= 0.6 is 0 Å². The first-order valence-electron chi connectivity index (χ1n) is 31.4. The minimum Gasteiger partial charge on any atom is -0.494 e. The van der Waals surface area contributed by atoms with Crippen LogP contribution in [0.25, 0.3) is 22.8 Å². The average molecular weight is 1190 g/mol. The lowest BCUT2D eigenvalue weighted by Gasteiger charge is -2.34. The first-order valence-corrected chi connectivity index (χ1v) is 31.4. The number of carbonyl (C=O) groups is 2. The van der Waals surface area contributed by atoms with Crippen LogP contribution in [0.3, 0.4) is 0 Å². The molecule has 88 heavy (non-hydrogen) atoms. The van der Waals surface area contributed by atoms with Gasteiger partial charge < -0.3 is 50.3 Å². The molecule has 0 atom stereocenters. The molecular formula is C68H84N16O4. The number of ether oxygens (including phenoxy) is 2. The number of aromatic amines is 1. The molecule has 4 aromatic heterocycles. The zero-order valence-electron chi connectivity index (χ0n) is 52.6. The van der Waals surface area contributed by atoms with E-state index in [1.807, 2.05) is 36.1 Å². The lowest BCUT2D eigenvalue weighted by Crippen LogP contribution is -2.44. The van der Waals surface area contributed by atoms with Gasteiger partial charge in [-0.15, -0.1) is 0 Å². The maximum atomic E-state index is 13.9. The number of carbonyl (C=O) groups excluding carboxylic acids is 2. The number of anilines is 8. The molecule has 5 N–H and O–H groups in total. The van der Waals surface area contributed by atoms with Gasteiger partial charge in [0.2, 0.25) is 11.9 Å². The lowest BCUT2D eigenvalue weighted by molar-refractivity contribution is 0.101. The van der Waals surface area contributed by atoms with Gasteiger partial charge in [0.1, 0.15) is 22.9 Å². The van der Waals surface area contributed by atoms with E-state index in [9.17, 15) is 9.59 Å². The van der Waals surface area contributed by atoms with E-state index in [0.29, 0.717) is 35.5 Å². The highest BCUT2D eigenvalue weighted by Crippen LogP contribution is 2.39. The van der Waals surface area contributed by atoms with Crippen molar-refractivity contribution in [2.45, 2.75) is 105 Å². The molecule has 0 unspecified atom stereocenters. The van der Waals surface area contributed by atoms with Crippen molar-refractivity contribution in [3.63, 3.8) is 0 Å². The number of rotatable bonds is 17. The maximum absolute atomic E-state index is 13.9. The van der Waals surface area contributed by atoms with Gasteiger partial charge in [0.15, 0.2) is 5.69 Å². The van der Waals surface area contributed by atoms with Gasteiger partial charge in [-0.2, -0.15) is 10.2 Å². The van der Waals surface area contributed by atoms with Gasteiger partial charge in [0.05, 0.1) is 42.7 Å². The molecule has 2 aliphatic carbocycles. The molecule has 2 fully saturated rings. The van der Waals surface area contributed by atoms with E-state index < -0.39 is 0 Å². The summed E-state index contributed by atoms with van der Waals surface area (Å²) >= 11 is 0. The van der Waals surface area contributed by atoms with Crippen LogP contribution in [0.1, 0.15) is 113 Å². The van der Waals surface area contributed by atoms with Gasteiger partial charge in [-0.3, -0.25) is 19.4 Å². The fourth-order valence-corrected chi connectivity index (χ4v) is 12.5. The van der Waals surface area contributed by atoms with Crippen LogP contribution in [0.2, 0.25) is 0 Å². The molecule has 12 rings (SSSR count). The second kappa shape index (κ2) is 27.4. The Balaban J connectivity index is 0.000000182. The Hall–Kier alpha value is -8.88. The maximum Gasteiger partial charge on any atom is 0.276 e. The van der Waals surface area contributed by atoms with E-state index in [1.54, 1.807) is 14.2 Å². The highest BCUT2D eigenvalue weighted by atomic mass is 16.5. The number of benzene rings is 4. The summed E-state index contributed by atoms with van der Waals surface area (Å²) in [6.07, 6.45) is 12.0. The topological polar surface area (TPSA) is 212 Å². The Morgan fingerprint density at radius 2 is 1.02 bits per heavy atom. The summed E-state index contributed by atoms with van der Waals surface area (Å²) in [5.41, 5.74) is 18.2. The quantitative estimate of drug-likeness (QED) is 0.0574. The molecule has 4 aliphatic rings. The molecule has 0 bridgehead atoms. The number of aryl methyl sites for hydroxylation is 7. The van der Waals surface area contributed by atoms with Crippen molar-refractivity contribution < 1.29 is 19.1 Å². The van der Waals surface area contributed by atoms with Crippen LogP contribution in [0.4, 0.5) is 46.0 Å². The van der Waals surface area contributed by atoms with E-state index in [2.05, 4.69) is 163 Å². The van der Waals surface area contributed by atoms with Crippen LogP contribution in [0.5, 0.6) is 11.5 Å². The zero-order chi connectivity index (χ0) is 61.4. The van der Waals surface area contributed by atoms with E-state index in [4.69, 9.17) is 24.5 Å². The molecule has 2 aliphatic heterocycles. The molecule has 4 aromatic carbocycles. The van der Waals surface area contributed by atoms with Crippen molar-refractivity contribution in [3.8, 4) is 34.3 Å². The molecule has 2 amide bonds. The second-order valence-electron chi connectivity index (χ2n) is 23.1. The fraction of sp³-hybridized carbons (Fsp3) is 0.412. The van der Waals surface area contributed by atoms with Gasteiger partial charge >= 0.3 is 0 Å². The zero-order valence-corrected chi connectivity index (χ0v) is 52.6. The fourth-order valence-electron chi connectivity index (χ4n) is 12.5. The van der Waals surface area contributed by atoms with Gasteiger partial charge in [0.25, 0.3) is 11.8 Å². The first kappa shape index (κ1) is 60.8. The highest BCUT2D eigenvalue weighted by Gasteiger charge is 2.31. The highest BCUT2D eigenvalue weighted by molar-refractivity contribution is 6.06. The van der Waals surface area contributed by atoms with Crippen LogP contribution in [0, 0.1) is 0 Å². The Labute approximate surface area is 516 Å². The van der Waals surface area contributed by atoms with Crippen molar-refractivity contribution >= 4 is 57.8 Å². The number of nitrogens with one attached hydrogen (secondary N) is 5. The van der Waals surface area contributed by atoms with E-state index in [0.717, 1.165) is 224 Å². The number of methoxy groups -OCH3 is 2. The van der Waals surface area contributed by atoms with Crippen molar-refractivity contribution in [2.24, 2.45) is 0 Å². The minimum absolute atomic E-state index is 0.171. The molecular weight excluding hydrogens is 1100 g/mol. The number of amides is 2. The van der Waals surface area contributed by atoms with E-state index in [1.165, 1.54) is 0 Å². The number of H-pyrrole nitrogens is 1. The number of piperazine rings is 2. The van der Waals surface area contributed by atoms with Crippen LogP contribution in [0.15, 0.2) is 85.2 Å². The number of para-hydroxylation sites is 2. The van der Waals surface area contributed by atoms with Crippen LogP contribution < -0.4 is 40.5 Å². The van der Waals surface area contributed by atoms with Crippen molar-refractivity contribution in [1.82, 2.24) is 49.7 Å². The molecule has 2 saturated heterocycles. The summed E-state index contributed by atoms with van der Waals surface area (Å²) in [7, 11) is 7.68. The van der Waals surface area contributed by atoms with Crippen molar-refractivity contribution in [2.75, 3.05) is 112 Å². The normalized spacial score (nSPS) is 14.9. The summed E-state index contributed by atoms with van der Waals surface area (Å²) in [5.74, 6) is 2.05. The Kier molecular flexibility index (Phi) is 19.0.